The minimum absolute atomic E-state index is 0.389. The molecule has 0 radical (unpaired) electrons. The number of benzene rings is 3. The second-order valence-electron chi connectivity index (χ2n) is 6.60. The number of halogens is 1. The van der Waals surface area contributed by atoms with Gasteiger partial charge >= 0.3 is 11.8 Å². The van der Waals surface area contributed by atoms with E-state index in [1.165, 1.54) is 6.21 Å². The molecule has 7 nitrogen and oxygen atoms in total. The Morgan fingerprint density at radius 1 is 0.938 bits per heavy atom. The van der Waals surface area contributed by atoms with E-state index in [-0.39, 0.29) is 0 Å². The zero-order chi connectivity index (χ0) is 22.8. The minimum Gasteiger partial charge on any atom is -0.494 e. The largest absolute Gasteiger partial charge is 0.494 e. The van der Waals surface area contributed by atoms with E-state index in [0.717, 1.165) is 5.56 Å². The van der Waals surface area contributed by atoms with Gasteiger partial charge in [-0.3, -0.25) is 9.59 Å². The molecule has 0 aliphatic rings. The molecule has 3 rings (SSSR count). The summed E-state index contributed by atoms with van der Waals surface area (Å²) < 4.78 is 11.1. The third-order valence-corrected chi connectivity index (χ3v) is 4.44. The van der Waals surface area contributed by atoms with Gasteiger partial charge in [-0.05, 0) is 66.6 Å². The number of amides is 2. The topological polar surface area (TPSA) is 89.0 Å². The number of carbonyl (C=O) groups excluding carboxylic acids is 2. The Labute approximate surface area is 191 Å². The molecule has 0 saturated carbocycles. The first-order valence-corrected chi connectivity index (χ1v) is 10.3. The van der Waals surface area contributed by atoms with Crippen LogP contribution in [-0.2, 0) is 16.2 Å². The van der Waals surface area contributed by atoms with Gasteiger partial charge in [-0.1, -0.05) is 35.9 Å². The van der Waals surface area contributed by atoms with E-state index in [4.69, 9.17) is 21.1 Å². The van der Waals surface area contributed by atoms with Gasteiger partial charge in [0.05, 0.1) is 12.8 Å². The number of hydrogen-bond acceptors (Lipinski definition) is 5. The molecule has 3 aromatic rings. The summed E-state index contributed by atoms with van der Waals surface area (Å²) in [4.78, 5) is 24.0. The van der Waals surface area contributed by atoms with Gasteiger partial charge < -0.3 is 14.8 Å². The summed E-state index contributed by atoms with van der Waals surface area (Å²) in [6, 6.07) is 21.3. The lowest BCUT2D eigenvalue weighted by Crippen LogP contribution is -2.32. The number of carbonyl (C=O) groups is 2. The average molecular weight is 452 g/mol. The molecule has 2 amide bonds. The number of ether oxygens (including phenoxy) is 2. The summed E-state index contributed by atoms with van der Waals surface area (Å²) in [5, 5.41) is 7.00. The number of nitrogens with zero attached hydrogens (tertiary/aromatic N) is 1. The van der Waals surface area contributed by atoms with Crippen LogP contribution in [0.4, 0.5) is 5.69 Å². The second-order valence-corrected chi connectivity index (χ2v) is 7.03. The zero-order valence-electron chi connectivity index (χ0n) is 17.4. The van der Waals surface area contributed by atoms with Crippen LogP contribution in [0, 0.1) is 0 Å². The van der Waals surface area contributed by atoms with Crippen molar-refractivity contribution in [1.29, 1.82) is 0 Å². The molecule has 0 unspecified atom stereocenters. The fourth-order valence-electron chi connectivity index (χ4n) is 2.64. The number of hydrogen-bond donors (Lipinski definition) is 2. The fraction of sp³-hybridized carbons (Fsp3) is 0.125. The Morgan fingerprint density at radius 3 is 2.41 bits per heavy atom. The van der Waals surface area contributed by atoms with Gasteiger partial charge in [-0.15, -0.1) is 0 Å². The third kappa shape index (κ3) is 7.14. The molecule has 0 saturated heterocycles. The SMILES string of the molecule is CCOc1ccc(NC(=O)C(=O)N/N=C/c2cccc(OCc3ccc(Cl)cc3)c2)cc1. The van der Waals surface area contributed by atoms with Gasteiger partial charge in [0.15, 0.2) is 0 Å². The average Bonchev–Trinajstić information content (AvgIpc) is 2.80. The third-order valence-electron chi connectivity index (χ3n) is 4.19. The van der Waals surface area contributed by atoms with Crippen LogP contribution in [0.15, 0.2) is 77.9 Å². The maximum Gasteiger partial charge on any atom is 0.329 e. The molecule has 0 bridgehead atoms. The maximum absolute atomic E-state index is 12.0. The van der Waals surface area contributed by atoms with Crippen molar-refractivity contribution in [2.45, 2.75) is 13.5 Å². The van der Waals surface area contributed by atoms with E-state index < -0.39 is 11.8 Å². The summed E-state index contributed by atoms with van der Waals surface area (Å²) in [6.07, 6.45) is 1.43. The molecule has 0 aliphatic carbocycles. The molecular formula is C24H22ClN3O4. The number of hydrazone groups is 1. The first-order chi connectivity index (χ1) is 15.5. The molecule has 0 aromatic heterocycles. The molecule has 0 atom stereocenters. The fourth-order valence-corrected chi connectivity index (χ4v) is 2.76. The Kier molecular flexibility index (Phi) is 8.22. The van der Waals surface area contributed by atoms with E-state index in [1.807, 2.05) is 25.1 Å². The summed E-state index contributed by atoms with van der Waals surface area (Å²) in [5.41, 5.74) is 4.37. The standard InChI is InChI=1S/C24H22ClN3O4/c1-2-31-21-12-10-20(11-13-21)27-23(29)24(30)28-26-15-18-4-3-5-22(14-18)32-16-17-6-8-19(25)9-7-17/h3-15H,2,16H2,1H3,(H,27,29)(H,28,30)/b26-15+. The first-order valence-electron chi connectivity index (χ1n) is 9.88. The number of nitrogens with one attached hydrogen (secondary N) is 2. The summed E-state index contributed by atoms with van der Waals surface area (Å²) in [7, 11) is 0. The van der Waals surface area contributed by atoms with E-state index in [9.17, 15) is 9.59 Å². The predicted octanol–water partition coefficient (Wildman–Crippen LogP) is 4.41. The van der Waals surface area contributed by atoms with Crippen LogP contribution in [0.25, 0.3) is 0 Å². The first kappa shape index (κ1) is 22.8. The molecule has 0 aliphatic heterocycles. The van der Waals surface area contributed by atoms with Crippen LogP contribution >= 0.6 is 11.6 Å². The molecule has 32 heavy (non-hydrogen) atoms. The smallest absolute Gasteiger partial charge is 0.329 e. The van der Waals surface area contributed by atoms with Crippen molar-refractivity contribution in [3.05, 3.63) is 88.9 Å². The normalized spacial score (nSPS) is 10.6. The van der Waals surface area contributed by atoms with Gasteiger partial charge in [0.25, 0.3) is 0 Å². The van der Waals surface area contributed by atoms with Gasteiger partial charge in [-0.2, -0.15) is 5.10 Å². The molecule has 0 heterocycles. The molecule has 2 N–H and O–H groups in total. The van der Waals surface area contributed by atoms with Crippen LogP contribution in [-0.4, -0.2) is 24.6 Å². The number of anilines is 1. The molecule has 8 heteroatoms. The summed E-state index contributed by atoms with van der Waals surface area (Å²) in [5.74, 6) is -0.390. The van der Waals surface area contributed by atoms with E-state index in [2.05, 4.69) is 15.8 Å². The van der Waals surface area contributed by atoms with Gasteiger partial charge in [-0.25, -0.2) is 5.43 Å². The minimum atomic E-state index is -0.884. The van der Waals surface area contributed by atoms with Crippen LogP contribution in [0.1, 0.15) is 18.1 Å². The predicted molar refractivity (Wildman–Crippen MR) is 124 cm³/mol. The van der Waals surface area contributed by atoms with E-state index >= 15 is 0 Å². The second kappa shape index (κ2) is 11.5. The Balaban J connectivity index is 1.49. The van der Waals surface area contributed by atoms with Crippen molar-refractivity contribution < 1.29 is 19.1 Å². The maximum atomic E-state index is 12.0. The Hall–Kier alpha value is -3.84. The highest BCUT2D eigenvalue weighted by Crippen LogP contribution is 2.16. The highest BCUT2D eigenvalue weighted by atomic mass is 35.5. The van der Waals surface area contributed by atoms with Gasteiger partial charge in [0.2, 0.25) is 0 Å². The molecule has 0 fully saturated rings. The Bertz CT molecular complexity index is 1080. The molecule has 164 valence electrons. The van der Waals surface area contributed by atoms with Crippen LogP contribution in [0.3, 0.4) is 0 Å². The highest BCUT2D eigenvalue weighted by molar-refractivity contribution is 6.39. The van der Waals surface area contributed by atoms with Gasteiger partial charge in [0.1, 0.15) is 18.1 Å². The van der Waals surface area contributed by atoms with Gasteiger partial charge in [0, 0.05) is 10.7 Å². The zero-order valence-corrected chi connectivity index (χ0v) is 18.1. The van der Waals surface area contributed by atoms with Crippen LogP contribution < -0.4 is 20.2 Å². The monoisotopic (exact) mass is 451 g/mol. The van der Waals surface area contributed by atoms with Crippen molar-refractivity contribution in [2.24, 2.45) is 5.10 Å². The van der Waals surface area contributed by atoms with Crippen LogP contribution in [0.2, 0.25) is 5.02 Å². The van der Waals surface area contributed by atoms with Crippen molar-refractivity contribution in [1.82, 2.24) is 5.43 Å². The van der Waals surface area contributed by atoms with E-state index in [1.54, 1.807) is 54.6 Å². The van der Waals surface area contributed by atoms with Crippen molar-refractivity contribution in [2.75, 3.05) is 11.9 Å². The van der Waals surface area contributed by atoms with E-state index in [0.29, 0.717) is 41.0 Å². The van der Waals surface area contributed by atoms with Crippen LogP contribution in [0.5, 0.6) is 11.5 Å². The lowest BCUT2D eigenvalue weighted by Gasteiger charge is -2.07. The summed E-state index contributed by atoms with van der Waals surface area (Å²) >= 11 is 5.88. The molecular weight excluding hydrogens is 430 g/mol. The summed E-state index contributed by atoms with van der Waals surface area (Å²) in [6.45, 7) is 2.81. The lowest BCUT2D eigenvalue weighted by molar-refractivity contribution is -0.136. The molecule has 0 spiro atoms. The van der Waals surface area contributed by atoms with Crippen molar-refractivity contribution in [3.63, 3.8) is 0 Å². The molecule has 3 aromatic carbocycles. The highest BCUT2D eigenvalue weighted by Gasteiger charge is 2.12. The van der Waals surface area contributed by atoms with Crippen molar-refractivity contribution >= 4 is 35.3 Å². The number of rotatable bonds is 8. The Morgan fingerprint density at radius 2 is 1.69 bits per heavy atom. The lowest BCUT2D eigenvalue weighted by atomic mass is 10.2. The quantitative estimate of drug-likeness (QED) is 0.301. The van der Waals surface area contributed by atoms with Crippen molar-refractivity contribution in [3.8, 4) is 11.5 Å².